The zero-order valence-corrected chi connectivity index (χ0v) is 10.5. The fraction of sp³-hybridized carbons (Fsp3) is 0.357. The van der Waals surface area contributed by atoms with Crippen LogP contribution in [0.2, 0.25) is 0 Å². The van der Waals surface area contributed by atoms with E-state index in [0.29, 0.717) is 11.3 Å². The first-order valence-corrected chi connectivity index (χ1v) is 5.60. The minimum atomic E-state index is -0.511. The third kappa shape index (κ3) is 2.33. The van der Waals surface area contributed by atoms with Crippen LogP contribution in [-0.2, 0) is 4.74 Å². The molecule has 0 amide bonds. The molecule has 17 heavy (non-hydrogen) atoms. The molecule has 0 spiro atoms. The van der Waals surface area contributed by atoms with Crippen LogP contribution < -0.4 is 0 Å². The molecule has 1 aromatic heterocycles. The number of aryl methyl sites for hydroxylation is 1. The minimum Gasteiger partial charge on any atom is -0.454 e. The molecule has 0 N–H and O–H groups in total. The van der Waals surface area contributed by atoms with Crippen molar-refractivity contribution in [2.75, 3.05) is 0 Å². The first-order chi connectivity index (χ1) is 7.88. The highest BCUT2D eigenvalue weighted by Crippen LogP contribution is 2.26. The molecule has 0 saturated heterocycles. The van der Waals surface area contributed by atoms with Gasteiger partial charge in [0.25, 0.3) is 0 Å². The van der Waals surface area contributed by atoms with Gasteiger partial charge >= 0.3 is 5.97 Å². The van der Waals surface area contributed by atoms with E-state index < -0.39 is 11.6 Å². The van der Waals surface area contributed by atoms with Crippen molar-refractivity contribution in [2.45, 2.75) is 33.3 Å². The number of hydrogen-bond donors (Lipinski definition) is 0. The molecular weight excluding hydrogens is 216 g/mol. The van der Waals surface area contributed by atoms with E-state index >= 15 is 0 Å². The van der Waals surface area contributed by atoms with Crippen LogP contribution in [0.4, 0.5) is 0 Å². The third-order valence-electron chi connectivity index (χ3n) is 2.43. The second-order valence-corrected chi connectivity index (χ2v) is 5.05. The van der Waals surface area contributed by atoms with Crippen molar-refractivity contribution >= 4 is 16.9 Å². The molecule has 3 heteroatoms. The summed E-state index contributed by atoms with van der Waals surface area (Å²) < 4.78 is 10.8. The number of benzene rings is 1. The molecule has 3 nitrogen and oxygen atoms in total. The summed E-state index contributed by atoms with van der Waals surface area (Å²) in [6.07, 6.45) is 0. The maximum atomic E-state index is 11.9. The summed E-state index contributed by atoms with van der Waals surface area (Å²) in [5.41, 5.74) is 1.03. The van der Waals surface area contributed by atoms with Gasteiger partial charge in [0.1, 0.15) is 11.2 Å². The number of hydrogen-bond acceptors (Lipinski definition) is 3. The van der Waals surface area contributed by atoms with Gasteiger partial charge in [-0.15, -0.1) is 0 Å². The summed E-state index contributed by atoms with van der Waals surface area (Å²) in [7, 11) is 0. The maximum absolute atomic E-state index is 11.9. The van der Waals surface area contributed by atoms with Crippen LogP contribution in [0.1, 0.15) is 36.9 Å². The Hall–Kier alpha value is -1.77. The van der Waals surface area contributed by atoms with Gasteiger partial charge in [-0.25, -0.2) is 4.79 Å². The lowest BCUT2D eigenvalue weighted by molar-refractivity contribution is 0.00372. The normalized spacial score (nSPS) is 11.8. The molecule has 0 fully saturated rings. The van der Waals surface area contributed by atoms with Gasteiger partial charge in [0.05, 0.1) is 0 Å². The van der Waals surface area contributed by atoms with Crippen molar-refractivity contribution in [2.24, 2.45) is 0 Å². The molecule has 1 heterocycles. The Balaban J connectivity index is 2.43. The Bertz CT molecular complexity index is 558. The Labute approximate surface area is 100 Å². The van der Waals surface area contributed by atoms with Gasteiger partial charge in [-0.2, -0.15) is 0 Å². The molecule has 0 aliphatic rings. The molecule has 0 bridgehead atoms. The van der Waals surface area contributed by atoms with Crippen molar-refractivity contribution in [3.8, 4) is 0 Å². The van der Waals surface area contributed by atoms with Gasteiger partial charge in [0.2, 0.25) is 5.76 Å². The van der Waals surface area contributed by atoms with Gasteiger partial charge in [-0.1, -0.05) is 18.2 Å². The summed E-state index contributed by atoms with van der Waals surface area (Å²) in [5, 5.41) is 0.952. The maximum Gasteiger partial charge on any atom is 0.375 e. The number of para-hydroxylation sites is 1. The zero-order chi connectivity index (χ0) is 12.6. The molecule has 0 unspecified atom stereocenters. The van der Waals surface area contributed by atoms with Crippen molar-refractivity contribution < 1.29 is 13.9 Å². The predicted octanol–water partition coefficient (Wildman–Crippen LogP) is 3.70. The highest BCUT2D eigenvalue weighted by molar-refractivity contribution is 5.95. The molecule has 0 atom stereocenters. The lowest BCUT2D eigenvalue weighted by atomic mass is 10.1. The summed E-state index contributed by atoms with van der Waals surface area (Å²) in [6, 6.07) is 7.58. The van der Waals surface area contributed by atoms with Gasteiger partial charge in [0.15, 0.2) is 0 Å². The van der Waals surface area contributed by atoms with Crippen LogP contribution in [0, 0.1) is 6.92 Å². The van der Waals surface area contributed by atoms with Crippen molar-refractivity contribution in [1.29, 1.82) is 0 Å². The molecular formula is C14H16O3. The monoisotopic (exact) mass is 232 g/mol. The lowest BCUT2D eigenvalue weighted by Crippen LogP contribution is -2.23. The van der Waals surface area contributed by atoms with Crippen LogP contribution in [0.15, 0.2) is 28.7 Å². The van der Waals surface area contributed by atoms with Crippen molar-refractivity contribution in [3.63, 3.8) is 0 Å². The van der Waals surface area contributed by atoms with Gasteiger partial charge in [-0.3, -0.25) is 0 Å². The highest BCUT2D eigenvalue weighted by atomic mass is 16.6. The summed E-state index contributed by atoms with van der Waals surface area (Å²) in [5.74, 6) is -0.118. The number of carbonyl (C=O) groups excluding carboxylic acids is 1. The van der Waals surface area contributed by atoms with Crippen LogP contribution >= 0.6 is 0 Å². The smallest absolute Gasteiger partial charge is 0.375 e. The second kappa shape index (κ2) is 3.91. The molecule has 0 aliphatic carbocycles. The van der Waals surface area contributed by atoms with E-state index in [1.54, 1.807) is 0 Å². The SMILES string of the molecule is Cc1c(C(=O)OC(C)(C)C)oc2ccccc12. The van der Waals surface area contributed by atoms with E-state index in [2.05, 4.69) is 0 Å². The van der Waals surface area contributed by atoms with Crippen LogP contribution in [0.3, 0.4) is 0 Å². The minimum absolute atomic E-state index is 0.293. The van der Waals surface area contributed by atoms with E-state index in [9.17, 15) is 4.79 Å². The predicted molar refractivity (Wildman–Crippen MR) is 66.1 cm³/mol. The van der Waals surface area contributed by atoms with E-state index in [0.717, 1.165) is 10.9 Å². The Kier molecular flexibility index (Phi) is 2.69. The number of esters is 1. The van der Waals surface area contributed by atoms with Gasteiger partial charge in [-0.05, 0) is 33.8 Å². The third-order valence-corrected chi connectivity index (χ3v) is 2.43. The van der Waals surface area contributed by atoms with Crippen molar-refractivity contribution in [1.82, 2.24) is 0 Å². The second-order valence-electron chi connectivity index (χ2n) is 5.05. The highest BCUT2D eigenvalue weighted by Gasteiger charge is 2.23. The van der Waals surface area contributed by atoms with Crippen LogP contribution in [-0.4, -0.2) is 11.6 Å². The molecule has 0 radical (unpaired) electrons. The van der Waals surface area contributed by atoms with Crippen LogP contribution in [0.5, 0.6) is 0 Å². The quantitative estimate of drug-likeness (QED) is 0.704. The lowest BCUT2D eigenvalue weighted by Gasteiger charge is -2.18. The first-order valence-electron chi connectivity index (χ1n) is 5.60. The number of ether oxygens (including phenoxy) is 1. The topological polar surface area (TPSA) is 39.4 Å². The Morgan fingerprint density at radius 1 is 1.24 bits per heavy atom. The van der Waals surface area contributed by atoms with Crippen molar-refractivity contribution in [3.05, 3.63) is 35.6 Å². The summed E-state index contributed by atoms with van der Waals surface area (Å²) in [4.78, 5) is 11.9. The largest absolute Gasteiger partial charge is 0.454 e. The van der Waals surface area contributed by atoms with E-state index in [-0.39, 0.29) is 0 Å². The number of furan rings is 1. The fourth-order valence-electron chi connectivity index (χ4n) is 1.69. The average Bonchev–Trinajstić information content (AvgIpc) is 2.55. The van der Waals surface area contributed by atoms with Crippen LogP contribution in [0.25, 0.3) is 11.0 Å². The zero-order valence-electron chi connectivity index (χ0n) is 10.5. The van der Waals surface area contributed by atoms with Gasteiger partial charge in [0, 0.05) is 10.9 Å². The van der Waals surface area contributed by atoms with E-state index in [4.69, 9.17) is 9.15 Å². The van der Waals surface area contributed by atoms with E-state index in [1.165, 1.54) is 0 Å². The standard InChI is InChI=1S/C14H16O3/c1-9-10-7-5-6-8-11(10)16-12(9)13(15)17-14(2,3)4/h5-8H,1-4H3. The van der Waals surface area contributed by atoms with E-state index in [1.807, 2.05) is 52.0 Å². The number of carbonyl (C=O) groups is 1. The molecule has 0 aliphatic heterocycles. The fourth-order valence-corrected chi connectivity index (χ4v) is 1.69. The molecule has 2 rings (SSSR count). The Morgan fingerprint density at radius 3 is 2.47 bits per heavy atom. The van der Waals surface area contributed by atoms with Gasteiger partial charge < -0.3 is 9.15 Å². The molecule has 90 valence electrons. The average molecular weight is 232 g/mol. The molecule has 0 saturated carbocycles. The first kappa shape index (κ1) is 11.7. The molecule has 2 aromatic rings. The number of fused-ring (bicyclic) bond motifs is 1. The molecule has 1 aromatic carbocycles. The Morgan fingerprint density at radius 2 is 1.88 bits per heavy atom. The summed E-state index contributed by atoms with van der Waals surface area (Å²) >= 11 is 0. The number of rotatable bonds is 1. The summed E-state index contributed by atoms with van der Waals surface area (Å²) in [6.45, 7) is 7.37.